The molecule has 0 aliphatic rings. The van der Waals surface area contributed by atoms with Crippen LogP contribution in [0, 0.1) is 10.1 Å². The molecule has 0 spiro atoms. The lowest BCUT2D eigenvalue weighted by molar-refractivity contribution is -0.384. The molecule has 1 N–H and O–H groups in total. The zero-order valence-corrected chi connectivity index (χ0v) is 15.9. The van der Waals surface area contributed by atoms with Gasteiger partial charge in [0.05, 0.1) is 16.7 Å². The lowest BCUT2D eigenvalue weighted by Crippen LogP contribution is -2.19. The number of nitro benzene ring substituents is 1. The third-order valence-corrected chi connectivity index (χ3v) is 3.95. The molecule has 3 aromatic rings. The van der Waals surface area contributed by atoms with Gasteiger partial charge in [-0.3, -0.25) is 14.9 Å². The van der Waals surface area contributed by atoms with Crippen LogP contribution in [0.15, 0.2) is 84.0 Å². The van der Waals surface area contributed by atoms with Gasteiger partial charge in [-0.1, -0.05) is 42.5 Å². The number of hydrazone groups is 1. The highest BCUT2D eigenvalue weighted by molar-refractivity contribution is 5.97. The molecule has 0 saturated heterocycles. The average Bonchev–Trinajstić information content (AvgIpc) is 2.78. The van der Waals surface area contributed by atoms with Crippen LogP contribution in [0.4, 0.5) is 5.69 Å². The number of nitrogens with zero attached hydrogens (tertiary/aromatic N) is 2. The number of ether oxygens (including phenoxy) is 2. The van der Waals surface area contributed by atoms with Crippen molar-refractivity contribution in [2.24, 2.45) is 5.10 Å². The molecule has 0 unspecified atom stereocenters. The van der Waals surface area contributed by atoms with Crippen molar-refractivity contribution in [3.05, 3.63) is 100 Å². The van der Waals surface area contributed by atoms with Gasteiger partial charge in [0.2, 0.25) is 0 Å². The first-order chi connectivity index (χ1) is 14.6. The normalized spacial score (nSPS) is 10.5. The highest BCUT2D eigenvalue weighted by Crippen LogP contribution is 2.18. The number of non-ortho nitro benzene ring substituents is 1. The molecule has 0 radical (unpaired) electrons. The molecule has 8 heteroatoms. The Hall–Kier alpha value is -4.20. The Morgan fingerprint density at radius 3 is 2.50 bits per heavy atom. The number of hydrogen-bond donors (Lipinski definition) is 1. The van der Waals surface area contributed by atoms with Crippen molar-refractivity contribution in [1.29, 1.82) is 0 Å². The molecule has 0 aliphatic heterocycles. The molecule has 0 aromatic heterocycles. The summed E-state index contributed by atoms with van der Waals surface area (Å²) in [6.45, 7) is 0.584. The Balaban J connectivity index is 1.55. The van der Waals surface area contributed by atoms with Crippen molar-refractivity contribution in [2.45, 2.75) is 0 Å². The summed E-state index contributed by atoms with van der Waals surface area (Å²) in [5.41, 5.74) is 3.15. The number of carbonyl (C=O) groups is 1. The number of nitrogens with one attached hydrogen (secondary N) is 1. The van der Waals surface area contributed by atoms with E-state index in [4.69, 9.17) is 9.47 Å². The largest absolute Gasteiger partial charge is 0.490 e. The number of amides is 1. The minimum atomic E-state index is -0.495. The van der Waals surface area contributed by atoms with Gasteiger partial charge < -0.3 is 9.47 Å². The zero-order valence-electron chi connectivity index (χ0n) is 15.9. The van der Waals surface area contributed by atoms with Crippen LogP contribution in [0.1, 0.15) is 15.9 Å². The number of nitro groups is 1. The van der Waals surface area contributed by atoms with E-state index in [1.165, 1.54) is 18.3 Å². The number of carbonyl (C=O) groups excluding carboxylic acids is 1. The van der Waals surface area contributed by atoms with E-state index in [0.717, 1.165) is 5.75 Å². The minimum absolute atomic E-state index is 0.0539. The van der Waals surface area contributed by atoms with Crippen LogP contribution in [0.5, 0.6) is 11.5 Å². The van der Waals surface area contributed by atoms with Gasteiger partial charge >= 0.3 is 0 Å². The molecule has 0 fully saturated rings. The number of rotatable bonds is 9. The first kappa shape index (κ1) is 20.5. The van der Waals surface area contributed by atoms with E-state index < -0.39 is 10.8 Å². The van der Waals surface area contributed by atoms with Crippen LogP contribution in [-0.4, -0.2) is 30.3 Å². The van der Waals surface area contributed by atoms with Crippen molar-refractivity contribution in [3.63, 3.8) is 0 Å². The van der Waals surface area contributed by atoms with Crippen LogP contribution in [0.2, 0.25) is 0 Å². The van der Waals surface area contributed by atoms with Crippen LogP contribution in [0.25, 0.3) is 0 Å². The molecule has 30 heavy (non-hydrogen) atoms. The van der Waals surface area contributed by atoms with Crippen LogP contribution in [-0.2, 0) is 0 Å². The molecule has 0 aliphatic carbocycles. The lowest BCUT2D eigenvalue weighted by Gasteiger charge is -2.11. The Morgan fingerprint density at radius 1 is 0.967 bits per heavy atom. The Kier molecular flexibility index (Phi) is 7.10. The first-order valence-electron chi connectivity index (χ1n) is 9.11. The maximum atomic E-state index is 12.4. The fourth-order valence-corrected chi connectivity index (χ4v) is 2.55. The van der Waals surface area contributed by atoms with Gasteiger partial charge in [0.1, 0.15) is 24.7 Å². The molecule has 0 atom stereocenters. The van der Waals surface area contributed by atoms with Gasteiger partial charge in [-0.25, -0.2) is 5.43 Å². The SMILES string of the molecule is O=C(N/N=C\c1cccc([N+](=O)[O-])c1)c1ccccc1OCCOc1ccccc1. The summed E-state index contributed by atoms with van der Waals surface area (Å²) in [6.07, 6.45) is 1.34. The van der Waals surface area contributed by atoms with Crippen LogP contribution in [0.3, 0.4) is 0 Å². The third-order valence-electron chi connectivity index (χ3n) is 3.95. The second kappa shape index (κ2) is 10.4. The maximum absolute atomic E-state index is 12.4. The van der Waals surface area contributed by atoms with Gasteiger partial charge in [0, 0.05) is 17.7 Å². The highest BCUT2D eigenvalue weighted by atomic mass is 16.6. The Morgan fingerprint density at radius 2 is 1.70 bits per heavy atom. The summed E-state index contributed by atoms with van der Waals surface area (Å²) in [5, 5.41) is 14.7. The fraction of sp³-hybridized carbons (Fsp3) is 0.0909. The maximum Gasteiger partial charge on any atom is 0.275 e. The fourth-order valence-electron chi connectivity index (χ4n) is 2.55. The summed E-state index contributed by atoms with van der Waals surface area (Å²) < 4.78 is 11.2. The van der Waals surface area contributed by atoms with E-state index in [9.17, 15) is 14.9 Å². The van der Waals surface area contributed by atoms with E-state index in [1.54, 1.807) is 36.4 Å². The molecular formula is C22H19N3O5. The Labute approximate surface area is 172 Å². The van der Waals surface area contributed by atoms with Crippen molar-refractivity contribution in [2.75, 3.05) is 13.2 Å². The second-order valence-corrected chi connectivity index (χ2v) is 6.06. The molecule has 152 valence electrons. The van der Waals surface area contributed by atoms with Crippen molar-refractivity contribution in [3.8, 4) is 11.5 Å². The van der Waals surface area contributed by atoms with Crippen molar-refractivity contribution < 1.29 is 19.2 Å². The summed E-state index contributed by atoms with van der Waals surface area (Å²) in [7, 11) is 0. The standard InChI is InChI=1S/C22H19N3O5/c26-22(24-23-16-17-7-6-8-18(15-17)25(27)28)20-11-4-5-12-21(20)30-14-13-29-19-9-2-1-3-10-19/h1-12,15-16H,13-14H2,(H,24,26)/b23-16-. The molecule has 8 nitrogen and oxygen atoms in total. The lowest BCUT2D eigenvalue weighted by atomic mass is 10.2. The van der Waals surface area contributed by atoms with E-state index in [0.29, 0.717) is 23.5 Å². The number of hydrogen-bond acceptors (Lipinski definition) is 6. The van der Waals surface area contributed by atoms with Gasteiger partial charge in [-0.05, 0) is 24.3 Å². The highest BCUT2D eigenvalue weighted by Gasteiger charge is 2.11. The predicted octanol–water partition coefficient (Wildman–Crippen LogP) is 3.82. The average molecular weight is 405 g/mol. The predicted molar refractivity (Wildman–Crippen MR) is 112 cm³/mol. The zero-order chi connectivity index (χ0) is 21.2. The second-order valence-electron chi connectivity index (χ2n) is 6.06. The Bertz CT molecular complexity index is 1040. The third kappa shape index (κ3) is 5.90. The smallest absolute Gasteiger partial charge is 0.275 e. The van der Waals surface area contributed by atoms with Crippen LogP contribution >= 0.6 is 0 Å². The summed E-state index contributed by atoms with van der Waals surface area (Å²) in [5.74, 6) is 0.677. The quantitative estimate of drug-likeness (QED) is 0.252. The molecule has 0 bridgehead atoms. The monoisotopic (exact) mass is 405 g/mol. The van der Waals surface area contributed by atoms with E-state index in [1.807, 2.05) is 30.3 Å². The molecule has 0 saturated carbocycles. The van der Waals surface area contributed by atoms with Crippen molar-refractivity contribution >= 4 is 17.8 Å². The molecule has 1 amide bonds. The van der Waals surface area contributed by atoms with E-state index >= 15 is 0 Å². The van der Waals surface area contributed by atoms with Gasteiger partial charge in [0.25, 0.3) is 11.6 Å². The number of para-hydroxylation sites is 2. The first-order valence-corrected chi connectivity index (χ1v) is 9.11. The van der Waals surface area contributed by atoms with Gasteiger partial charge in [0.15, 0.2) is 0 Å². The summed E-state index contributed by atoms with van der Waals surface area (Å²) >= 11 is 0. The molecular weight excluding hydrogens is 386 g/mol. The summed E-state index contributed by atoms with van der Waals surface area (Å²) in [6, 6.07) is 22.1. The number of benzene rings is 3. The molecule has 0 heterocycles. The van der Waals surface area contributed by atoms with Crippen LogP contribution < -0.4 is 14.9 Å². The topological polar surface area (TPSA) is 103 Å². The molecule has 3 aromatic carbocycles. The molecule has 3 rings (SSSR count). The summed E-state index contributed by atoms with van der Waals surface area (Å²) in [4.78, 5) is 22.8. The van der Waals surface area contributed by atoms with Gasteiger partial charge in [-0.2, -0.15) is 5.10 Å². The minimum Gasteiger partial charge on any atom is -0.490 e. The van der Waals surface area contributed by atoms with E-state index in [2.05, 4.69) is 10.5 Å². The van der Waals surface area contributed by atoms with Crippen molar-refractivity contribution in [1.82, 2.24) is 5.43 Å². The van der Waals surface area contributed by atoms with Gasteiger partial charge in [-0.15, -0.1) is 0 Å². The van der Waals surface area contributed by atoms with E-state index in [-0.39, 0.29) is 12.3 Å².